The Morgan fingerprint density at radius 3 is 2.29 bits per heavy atom. The van der Waals surface area contributed by atoms with Gasteiger partial charge in [-0.05, 0) is 19.3 Å². The number of hydrogen-bond acceptors (Lipinski definition) is 2. The Morgan fingerprint density at radius 1 is 1.36 bits per heavy atom. The van der Waals surface area contributed by atoms with Crippen molar-refractivity contribution in [2.24, 2.45) is 5.73 Å². The van der Waals surface area contributed by atoms with Crippen molar-refractivity contribution in [3.05, 3.63) is 12.2 Å². The van der Waals surface area contributed by atoms with E-state index in [0.29, 0.717) is 0 Å². The van der Waals surface area contributed by atoms with Gasteiger partial charge in [-0.25, -0.2) is 9.59 Å². The first-order chi connectivity index (χ1) is 6.52. The number of nitrogens with one attached hydrogen (secondary N) is 1. The molecule has 1 atom stereocenters. The fraction of sp³-hybridized carbons (Fsp3) is 0.500. The number of rotatable bonds is 1. The van der Waals surface area contributed by atoms with E-state index >= 15 is 0 Å². The van der Waals surface area contributed by atoms with Crippen molar-refractivity contribution in [2.75, 3.05) is 0 Å². The second-order valence-electron chi connectivity index (χ2n) is 2.77. The van der Waals surface area contributed by atoms with Gasteiger partial charge in [0.15, 0.2) is 0 Å². The van der Waals surface area contributed by atoms with Crippen LogP contribution in [0.3, 0.4) is 0 Å². The van der Waals surface area contributed by atoms with Crippen molar-refractivity contribution < 1.29 is 19.8 Å². The van der Waals surface area contributed by atoms with Crippen LogP contribution in [0.25, 0.3) is 0 Å². The van der Waals surface area contributed by atoms with Crippen molar-refractivity contribution in [2.45, 2.75) is 25.3 Å². The molecule has 0 radical (unpaired) electrons. The Balaban J connectivity index is 0.000000364. The van der Waals surface area contributed by atoms with Crippen LogP contribution in [0.15, 0.2) is 12.2 Å². The largest absolute Gasteiger partial charge is 0.465 e. The van der Waals surface area contributed by atoms with E-state index in [-0.39, 0.29) is 6.04 Å². The van der Waals surface area contributed by atoms with Crippen LogP contribution < -0.4 is 11.1 Å². The van der Waals surface area contributed by atoms with Gasteiger partial charge < -0.3 is 21.3 Å². The second-order valence-corrected chi connectivity index (χ2v) is 2.77. The van der Waals surface area contributed by atoms with Crippen LogP contribution in [0.2, 0.25) is 0 Å². The number of carboxylic acid groups (broad SMARTS) is 2. The summed E-state index contributed by atoms with van der Waals surface area (Å²) in [6.07, 6.45) is 4.62. The summed E-state index contributed by atoms with van der Waals surface area (Å²) in [4.78, 5) is 18.9. The lowest BCUT2D eigenvalue weighted by molar-refractivity contribution is 0.189. The molecule has 1 unspecified atom stereocenters. The molecule has 0 aromatic heterocycles. The molecule has 0 fully saturated rings. The minimum absolute atomic E-state index is 0.141. The highest BCUT2D eigenvalue weighted by Gasteiger charge is 2.10. The molecule has 6 heteroatoms. The van der Waals surface area contributed by atoms with E-state index in [9.17, 15) is 4.79 Å². The maximum Gasteiger partial charge on any atom is 0.404 e. The summed E-state index contributed by atoms with van der Waals surface area (Å²) < 4.78 is 0. The predicted octanol–water partition coefficient (Wildman–Crippen LogP) is 0.986. The van der Waals surface area contributed by atoms with Crippen LogP contribution >= 0.6 is 0 Å². The lowest BCUT2D eigenvalue weighted by Crippen LogP contribution is -2.33. The molecule has 5 N–H and O–H groups in total. The number of primary amides is 1. The normalized spacial score (nSPS) is 19.0. The quantitative estimate of drug-likeness (QED) is 0.475. The highest BCUT2D eigenvalue weighted by Crippen LogP contribution is 2.09. The van der Waals surface area contributed by atoms with Crippen molar-refractivity contribution in [3.8, 4) is 0 Å². The minimum atomic E-state index is -1.33. The van der Waals surface area contributed by atoms with Crippen LogP contribution in [0.1, 0.15) is 19.3 Å². The smallest absolute Gasteiger partial charge is 0.404 e. The summed E-state index contributed by atoms with van der Waals surface area (Å²) in [5, 5.41) is 18.0. The molecule has 0 bridgehead atoms. The predicted molar refractivity (Wildman–Crippen MR) is 50.2 cm³/mol. The van der Waals surface area contributed by atoms with E-state index in [4.69, 9.17) is 15.0 Å². The number of allylic oxidation sites excluding steroid dienone is 1. The standard InChI is InChI=1S/C7H11NO2.CH3NO2/c9-7(10)8-6-4-2-1-3-5-6;2-1(3)4/h1-2,6,8H,3-5H2,(H,9,10);2H2,(H,3,4). The Hall–Kier alpha value is -1.72. The highest BCUT2D eigenvalue weighted by molar-refractivity contribution is 5.64. The maximum atomic E-state index is 10.1. The third kappa shape index (κ3) is 8.38. The lowest BCUT2D eigenvalue weighted by Gasteiger charge is -2.16. The van der Waals surface area contributed by atoms with Gasteiger partial charge in [0.25, 0.3) is 0 Å². The molecule has 1 aliphatic rings. The highest BCUT2D eigenvalue weighted by atomic mass is 16.4. The molecule has 0 saturated carbocycles. The molecule has 0 heterocycles. The number of amides is 2. The monoisotopic (exact) mass is 202 g/mol. The van der Waals surface area contributed by atoms with E-state index < -0.39 is 12.2 Å². The lowest BCUT2D eigenvalue weighted by atomic mass is 10.0. The fourth-order valence-electron chi connectivity index (χ4n) is 1.10. The molecule has 6 nitrogen and oxygen atoms in total. The van der Waals surface area contributed by atoms with Gasteiger partial charge in [0.1, 0.15) is 0 Å². The summed E-state index contributed by atoms with van der Waals surface area (Å²) in [6.45, 7) is 0. The molecular formula is C8H14N2O4. The minimum Gasteiger partial charge on any atom is -0.465 e. The van der Waals surface area contributed by atoms with Crippen LogP contribution in [0.4, 0.5) is 9.59 Å². The van der Waals surface area contributed by atoms with Crippen LogP contribution in [-0.4, -0.2) is 28.4 Å². The first kappa shape index (κ1) is 12.3. The summed E-state index contributed by atoms with van der Waals surface area (Å²) in [5.41, 5.74) is 4.03. The van der Waals surface area contributed by atoms with Crippen LogP contribution in [-0.2, 0) is 0 Å². The first-order valence-electron chi connectivity index (χ1n) is 4.15. The van der Waals surface area contributed by atoms with Crippen molar-refractivity contribution in [1.82, 2.24) is 5.32 Å². The summed E-state index contributed by atoms with van der Waals surface area (Å²) in [6, 6.07) is 0.141. The zero-order chi connectivity index (χ0) is 11.0. The van der Waals surface area contributed by atoms with Gasteiger partial charge in [-0.2, -0.15) is 0 Å². The van der Waals surface area contributed by atoms with Gasteiger partial charge in [0, 0.05) is 6.04 Å². The maximum absolute atomic E-state index is 10.1. The molecule has 2 amide bonds. The summed E-state index contributed by atoms with van der Waals surface area (Å²) in [7, 11) is 0. The van der Waals surface area contributed by atoms with E-state index in [1.54, 1.807) is 0 Å². The average Bonchev–Trinajstić information content (AvgIpc) is 2.03. The molecule has 0 aliphatic heterocycles. The fourth-order valence-corrected chi connectivity index (χ4v) is 1.10. The number of nitrogens with two attached hydrogens (primary N) is 1. The van der Waals surface area contributed by atoms with E-state index in [1.807, 2.05) is 6.08 Å². The van der Waals surface area contributed by atoms with Gasteiger partial charge in [-0.1, -0.05) is 12.2 Å². The van der Waals surface area contributed by atoms with Crippen molar-refractivity contribution >= 4 is 12.2 Å². The summed E-state index contributed by atoms with van der Waals surface area (Å²) in [5.74, 6) is 0. The second kappa shape index (κ2) is 6.76. The Bertz CT molecular complexity index is 223. The summed E-state index contributed by atoms with van der Waals surface area (Å²) >= 11 is 0. The van der Waals surface area contributed by atoms with Gasteiger partial charge in [-0.15, -0.1) is 0 Å². The van der Waals surface area contributed by atoms with Crippen LogP contribution in [0.5, 0.6) is 0 Å². The molecule has 80 valence electrons. The van der Waals surface area contributed by atoms with Gasteiger partial charge in [0.2, 0.25) is 0 Å². The average molecular weight is 202 g/mol. The molecular weight excluding hydrogens is 188 g/mol. The van der Waals surface area contributed by atoms with Crippen molar-refractivity contribution in [3.63, 3.8) is 0 Å². The van der Waals surface area contributed by atoms with Crippen LogP contribution in [0, 0.1) is 0 Å². The third-order valence-electron chi connectivity index (χ3n) is 1.60. The Labute approximate surface area is 81.4 Å². The zero-order valence-corrected chi connectivity index (χ0v) is 7.64. The molecule has 1 rings (SSSR count). The first-order valence-corrected chi connectivity index (χ1v) is 4.15. The molecule has 0 saturated heterocycles. The number of hydrogen-bond donors (Lipinski definition) is 4. The molecule has 14 heavy (non-hydrogen) atoms. The van der Waals surface area contributed by atoms with E-state index in [2.05, 4.69) is 17.1 Å². The number of carbonyl (C=O) groups is 2. The Kier molecular flexibility index (Phi) is 5.93. The Morgan fingerprint density at radius 2 is 1.93 bits per heavy atom. The molecule has 1 aliphatic carbocycles. The molecule has 0 aromatic carbocycles. The van der Waals surface area contributed by atoms with Gasteiger partial charge in [0.05, 0.1) is 0 Å². The van der Waals surface area contributed by atoms with Crippen molar-refractivity contribution in [1.29, 1.82) is 0 Å². The SMILES string of the molecule is NC(=O)O.O=C(O)NC1CC=CCC1. The molecule has 0 spiro atoms. The van der Waals surface area contributed by atoms with Gasteiger partial charge >= 0.3 is 12.2 Å². The van der Waals surface area contributed by atoms with Gasteiger partial charge in [-0.3, -0.25) is 0 Å². The molecule has 0 aromatic rings. The third-order valence-corrected chi connectivity index (χ3v) is 1.60. The topological polar surface area (TPSA) is 113 Å². The zero-order valence-electron chi connectivity index (χ0n) is 7.64. The van der Waals surface area contributed by atoms with E-state index in [1.165, 1.54) is 0 Å². The van der Waals surface area contributed by atoms with E-state index in [0.717, 1.165) is 19.3 Å².